The maximum absolute atomic E-state index is 14.4. The zero-order valence-electron chi connectivity index (χ0n) is 27.1. The molecule has 3 aromatic carbocycles. The van der Waals surface area contributed by atoms with E-state index in [0.717, 1.165) is 17.7 Å². The van der Waals surface area contributed by atoms with E-state index in [1.54, 1.807) is 4.90 Å². The average Bonchev–Trinajstić information content (AvgIpc) is 3.72. The molecule has 6 rings (SSSR count). The standard InChI is InChI=1S/C35H36F2N5O7P/c1-21(43)40-14-13-28-11-12-31(34(46)41-18-26(17-38)29(19-41)23-5-3-2-4-6-23)42(28)33(45)30(20-40)39-32(44)24-8-7-22-9-10-27(16-25(22)15-24)35(36,37)50(47,48)49/h2-10,15-16,26,28-31H,11-14,18-20H2,1H3,(H,39,44)(H2,47,48,49)/t26-,28+,29+,30-,31-/m0/s1. The lowest BCUT2D eigenvalue weighted by Gasteiger charge is -2.39. The summed E-state index contributed by atoms with van der Waals surface area (Å²) in [5.41, 5.74) is -4.44. The first-order chi connectivity index (χ1) is 23.7. The van der Waals surface area contributed by atoms with E-state index in [-0.39, 0.29) is 47.8 Å². The first-order valence-electron chi connectivity index (χ1n) is 16.3. The largest absolute Gasteiger partial charge is 0.399 e. The summed E-state index contributed by atoms with van der Waals surface area (Å²) in [6, 6.07) is 16.6. The number of halogens is 2. The molecule has 0 saturated carbocycles. The molecule has 15 heteroatoms. The Morgan fingerprint density at radius 1 is 0.940 bits per heavy atom. The topological polar surface area (TPSA) is 171 Å². The lowest BCUT2D eigenvalue weighted by atomic mass is 9.90. The van der Waals surface area contributed by atoms with Crippen molar-refractivity contribution < 1.29 is 42.3 Å². The van der Waals surface area contributed by atoms with Crippen LogP contribution < -0.4 is 5.32 Å². The van der Waals surface area contributed by atoms with Crippen molar-refractivity contribution in [2.45, 2.75) is 55.9 Å². The Hall–Kier alpha value is -4.70. The molecule has 3 aromatic rings. The van der Waals surface area contributed by atoms with Crippen molar-refractivity contribution in [3.63, 3.8) is 0 Å². The van der Waals surface area contributed by atoms with Crippen molar-refractivity contribution in [3.05, 3.63) is 83.4 Å². The Kier molecular flexibility index (Phi) is 9.52. The Bertz CT molecular complexity index is 1930. The summed E-state index contributed by atoms with van der Waals surface area (Å²) in [5.74, 6) is -2.45. The van der Waals surface area contributed by atoms with Gasteiger partial charge in [-0.15, -0.1) is 0 Å². The summed E-state index contributed by atoms with van der Waals surface area (Å²) in [4.78, 5) is 77.5. The number of benzene rings is 3. The summed E-state index contributed by atoms with van der Waals surface area (Å²) in [7, 11) is -5.83. The molecule has 3 aliphatic heterocycles. The molecule has 5 atom stereocenters. The van der Waals surface area contributed by atoms with Crippen molar-refractivity contribution in [1.29, 1.82) is 5.26 Å². The number of fused-ring (bicyclic) bond motifs is 2. The number of nitrogens with zero attached hydrogens (tertiary/aromatic N) is 4. The molecule has 262 valence electrons. The minimum Gasteiger partial charge on any atom is -0.340 e. The van der Waals surface area contributed by atoms with Gasteiger partial charge in [-0.2, -0.15) is 14.0 Å². The van der Waals surface area contributed by atoms with E-state index >= 15 is 0 Å². The molecule has 0 aliphatic carbocycles. The molecule has 3 N–H and O–H groups in total. The van der Waals surface area contributed by atoms with Crippen LogP contribution in [0.2, 0.25) is 0 Å². The van der Waals surface area contributed by atoms with Crippen LogP contribution in [0.15, 0.2) is 66.7 Å². The molecule has 12 nitrogen and oxygen atoms in total. The normalized spacial score (nSPS) is 24.4. The van der Waals surface area contributed by atoms with E-state index in [0.29, 0.717) is 37.7 Å². The van der Waals surface area contributed by atoms with Crippen LogP contribution in [0.1, 0.15) is 53.6 Å². The van der Waals surface area contributed by atoms with E-state index in [4.69, 9.17) is 0 Å². The third kappa shape index (κ3) is 6.61. The van der Waals surface area contributed by atoms with Crippen molar-refractivity contribution >= 4 is 42.0 Å². The fraction of sp³-hybridized carbons (Fsp3) is 0.400. The Labute approximate surface area is 286 Å². The molecule has 0 unspecified atom stereocenters. The number of hydrogen-bond donors (Lipinski definition) is 3. The average molecular weight is 708 g/mol. The van der Waals surface area contributed by atoms with Gasteiger partial charge in [0.1, 0.15) is 12.1 Å². The summed E-state index contributed by atoms with van der Waals surface area (Å²) < 4.78 is 40.3. The number of nitrogens with one attached hydrogen (secondary N) is 1. The van der Waals surface area contributed by atoms with Gasteiger partial charge >= 0.3 is 13.3 Å². The number of nitriles is 1. The highest BCUT2D eigenvalue weighted by molar-refractivity contribution is 7.52. The Balaban J connectivity index is 1.25. The molecule has 4 amide bonds. The van der Waals surface area contributed by atoms with Crippen LogP contribution in [0.5, 0.6) is 0 Å². The lowest BCUT2D eigenvalue weighted by molar-refractivity contribution is -0.148. The van der Waals surface area contributed by atoms with E-state index in [1.807, 2.05) is 30.3 Å². The predicted molar refractivity (Wildman–Crippen MR) is 177 cm³/mol. The predicted octanol–water partition coefficient (Wildman–Crippen LogP) is 3.54. The number of amides is 4. The second-order valence-corrected chi connectivity index (χ2v) is 14.8. The van der Waals surface area contributed by atoms with Crippen LogP contribution in [-0.4, -0.2) is 92.4 Å². The molecule has 3 fully saturated rings. The van der Waals surface area contributed by atoms with Gasteiger partial charge in [0.25, 0.3) is 5.91 Å². The van der Waals surface area contributed by atoms with Gasteiger partial charge in [0.15, 0.2) is 0 Å². The van der Waals surface area contributed by atoms with Crippen LogP contribution >= 0.6 is 7.60 Å². The molecule has 3 aliphatic rings. The van der Waals surface area contributed by atoms with E-state index in [2.05, 4.69) is 11.4 Å². The third-order valence-corrected chi connectivity index (χ3v) is 11.1. The number of carbonyl (C=O) groups is 4. The van der Waals surface area contributed by atoms with Gasteiger partial charge in [0.05, 0.1) is 12.0 Å². The molecular weight excluding hydrogens is 671 g/mol. The highest BCUT2D eigenvalue weighted by atomic mass is 31.2. The minimum absolute atomic E-state index is 0.0180. The van der Waals surface area contributed by atoms with Crippen molar-refractivity contribution in [3.8, 4) is 6.07 Å². The second kappa shape index (κ2) is 13.5. The number of likely N-dealkylation sites (tertiary alicyclic amines) is 1. The van der Waals surface area contributed by atoms with Gasteiger partial charge in [0.2, 0.25) is 17.7 Å². The van der Waals surface area contributed by atoms with E-state index < -0.39 is 48.6 Å². The Morgan fingerprint density at radius 2 is 1.66 bits per heavy atom. The fourth-order valence-electron chi connectivity index (χ4n) is 7.36. The number of carbonyl (C=O) groups excluding carboxylic acids is 4. The van der Waals surface area contributed by atoms with Gasteiger partial charge in [-0.3, -0.25) is 23.7 Å². The van der Waals surface area contributed by atoms with E-state index in [1.165, 1.54) is 41.0 Å². The highest BCUT2D eigenvalue weighted by Gasteiger charge is 2.51. The summed E-state index contributed by atoms with van der Waals surface area (Å²) in [6.45, 7) is 2.04. The Morgan fingerprint density at radius 3 is 2.34 bits per heavy atom. The summed E-state index contributed by atoms with van der Waals surface area (Å²) >= 11 is 0. The molecule has 0 aromatic heterocycles. The third-order valence-electron chi connectivity index (χ3n) is 10.1. The zero-order valence-corrected chi connectivity index (χ0v) is 28.0. The molecule has 3 saturated heterocycles. The maximum atomic E-state index is 14.4. The quantitative estimate of drug-likeness (QED) is 0.327. The van der Waals surface area contributed by atoms with Gasteiger partial charge in [0, 0.05) is 56.2 Å². The molecule has 0 spiro atoms. The van der Waals surface area contributed by atoms with Crippen LogP contribution in [0.4, 0.5) is 8.78 Å². The van der Waals surface area contributed by atoms with Crippen molar-refractivity contribution in [1.82, 2.24) is 20.0 Å². The fourth-order valence-corrected chi connectivity index (χ4v) is 7.83. The molecule has 50 heavy (non-hydrogen) atoms. The molecular formula is C35H36F2N5O7P. The highest BCUT2D eigenvalue weighted by Crippen LogP contribution is 2.59. The summed E-state index contributed by atoms with van der Waals surface area (Å²) in [5, 5.41) is 13.1. The van der Waals surface area contributed by atoms with Crippen LogP contribution in [0, 0.1) is 17.2 Å². The van der Waals surface area contributed by atoms with Gasteiger partial charge in [-0.25, -0.2) is 0 Å². The first kappa shape index (κ1) is 35.1. The van der Waals surface area contributed by atoms with Gasteiger partial charge < -0.3 is 29.8 Å². The minimum atomic E-state index is -5.83. The zero-order chi connectivity index (χ0) is 36.0. The van der Waals surface area contributed by atoms with Gasteiger partial charge in [-0.1, -0.05) is 48.5 Å². The SMILES string of the molecule is CC(=O)N1CC[C@H]2CC[C@@H](C(=O)N3C[C@H](c4ccccc4)[C@@H](C#N)C3)N2C(=O)[C@@H](NC(=O)c2ccc3ccc(C(F)(F)P(=O)(O)O)cc3c2)C1. The number of hydrogen-bond acceptors (Lipinski definition) is 6. The molecule has 3 heterocycles. The van der Waals surface area contributed by atoms with Crippen LogP contribution in [0.25, 0.3) is 10.8 Å². The van der Waals surface area contributed by atoms with Crippen LogP contribution in [-0.2, 0) is 24.6 Å². The summed E-state index contributed by atoms with van der Waals surface area (Å²) in [6.07, 6.45) is 1.33. The lowest BCUT2D eigenvalue weighted by Crippen LogP contribution is -2.61. The first-order valence-corrected chi connectivity index (χ1v) is 17.9. The van der Waals surface area contributed by atoms with Crippen LogP contribution in [0.3, 0.4) is 0 Å². The molecule has 0 radical (unpaired) electrons. The van der Waals surface area contributed by atoms with Crippen molar-refractivity contribution in [2.24, 2.45) is 5.92 Å². The van der Waals surface area contributed by atoms with E-state index in [9.17, 15) is 47.6 Å². The maximum Gasteiger partial charge on any atom is 0.399 e. The molecule has 0 bridgehead atoms. The number of rotatable bonds is 6. The second-order valence-electron chi connectivity index (χ2n) is 13.1. The van der Waals surface area contributed by atoms with Gasteiger partial charge in [-0.05, 0) is 53.8 Å². The van der Waals surface area contributed by atoms with Crippen molar-refractivity contribution in [2.75, 3.05) is 26.2 Å². The number of alkyl halides is 2. The monoisotopic (exact) mass is 707 g/mol. The smallest absolute Gasteiger partial charge is 0.340 e.